The molecule has 1 aromatic heterocycles. The van der Waals surface area contributed by atoms with Gasteiger partial charge in [-0.1, -0.05) is 24.3 Å². The van der Waals surface area contributed by atoms with Gasteiger partial charge in [0.05, 0.1) is 5.52 Å². The van der Waals surface area contributed by atoms with Crippen LogP contribution in [-0.2, 0) is 6.54 Å². The average molecular weight is 284 g/mol. The summed E-state index contributed by atoms with van der Waals surface area (Å²) >= 11 is 1.66. The number of hydrogen-bond acceptors (Lipinski definition) is 3. The van der Waals surface area contributed by atoms with Gasteiger partial charge in [0.1, 0.15) is 5.75 Å². The van der Waals surface area contributed by atoms with Gasteiger partial charge >= 0.3 is 0 Å². The van der Waals surface area contributed by atoms with Gasteiger partial charge in [0.25, 0.3) is 0 Å². The molecule has 4 heteroatoms. The van der Waals surface area contributed by atoms with Crippen LogP contribution in [0.3, 0.4) is 0 Å². The molecule has 3 rings (SSSR count). The molecular formula is C16H16N2OS. The Labute approximate surface area is 122 Å². The Kier molecular flexibility index (Phi) is 3.67. The molecule has 0 radical (unpaired) electrons. The zero-order chi connectivity index (χ0) is 13.9. The van der Waals surface area contributed by atoms with Gasteiger partial charge in [-0.15, -0.1) is 0 Å². The molecule has 102 valence electrons. The van der Waals surface area contributed by atoms with Crippen LogP contribution < -0.4 is 5.32 Å². The van der Waals surface area contributed by atoms with Gasteiger partial charge in [-0.05, 0) is 48.8 Å². The standard InChI is InChI=1S/C16H16N2OS/c1-17-11-12-5-2-3-8-16(12)20-18-10-9-13-14(18)6-4-7-15(13)19/h2-10,17,19H,11H2,1H3. The lowest BCUT2D eigenvalue weighted by atomic mass is 10.2. The van der Waals surface area contributed by atoms with Gasteiger partial charge in [0.15, 0.2) is 0 Å². The highest BCUT2D eigenvalue weighted by Crippen LogP contribution is 2.32. The molecular weight excluding hydrogens is 268 g/mol. The summed E-state index contributed by atoms with van der Waals surface area (Å²) in [5.74, 6) is 0.324. The van der Waals surface area contributed by atoms with E-state index in [9.17, 15) is 5.11 Å². The van der Waals surface area contributed by atoms with E-state index in [2.05, 4.69) is 27.5 Å². The van der Waals surface area contributed by atoms with Crippen molar-refractivity contribution < 1.29 is 5.11 Å². The van der Waals surface area contributed by atoms with Gasteiger partial charge in [-0.2, -0.15) is 0 Å². The van der Waals surface area contributed by atoms with Crippen LogP contribution in [0.1, 0.15) is 5.56 Å². The molecule has 0 aliphatic rings. The average Bonchev–Trinajstić information content (AvgIpc) is 2.86. The second-order valence-corrected chi connectivity index (χ2v) is 5.60. The fourth-order valence-electron chi connectivity index (χ4n) is 2.24. The molecule has 2 N–H and O–H groups in total. The van der Waals surface area contributed by atoms with Gasteiger partial charge in [-0.3, -0.25) is 3.97 Å². The van der Waals surface area contributed by atoms with Crippen molar-refractivity contribution in [1.29, 1.82) is 0 Å². The smallest absolute Gasteiger partial charge is 0.124 e. The van der Waals surface area contributed by atoms with Crippen molar-refractivity contribution in [3.63, 3.8) is 0 Å². The lowest BCUT2D eigenvalue weighted by molar-refractivity contribution is 0.481. The number of benzene rings is 2. The Bertz CT molecular complexity index is 736. The van der Waals surface area contributed by atoms with Crippen LogP contribution in [0.4, 0.5) is 0 Å². The Morgan fingerprint density at radius 1 is 1.10 bits per heavy atom. The van der Waals surface area contributed by atoms with E-state index in [-0.39, 0.29) is 0 Å². The van der Waals surface area contributed by atoms with Crippen molar-refractivity contribution in [3.8, 4) is 5.75 Å². The number of hydrogen-bond donors (Lipinski definition) is 2. The van der Waals surface area contributed by atoms with Crippen molar-refractivity contribution in [2.45, 2.75) is 11.4 Å². The minimum absolute atomic E-state index is 0.324. The number of nitrogens with one attached hydrogen (secondary N) is 1. The molecule has 0 bridgehead atoms. The molecule has 1 heterocycles. The van der Waals surface area contributed by atoms with Crippen LogP contribution in [0.25, 0.3) is 10.9 Å². The number of nitrogens with zero attached hydrogens (tertiary/aromatic N) is 1. The highest BCUT2D eigenvalue weighted by molar-refractivity contribution is 7.98. The highest BCUT2D eigenvalue weighted by Gasteiger charge is 2.08. The molecule has 20 heavy (non-hydrogen) atoms. The molecule has 0 saturated heterocycles. The van der Waals surface area contributed by atoms with E-state index in [0.717, 1.165) is 17.4 Å². The fourth-order valence-corrected chi connectivity index (χ4v) is 3.23. The SMILES string of the molecule is CNCc1ccccc1Sn1ccc2c(O)cccc21. The van der Waals surface area contributed by atoms with Crippen LogP contribution in [0.2, 0.25) is 0 Å². The Balaban J connectivity index is 2.00. The van der Waals surface area contributed by atoms with Crippen molar-refractivity contribution in [1.82, 2.24) is 9.29 Å². The number of phenolic OH excluding ortho intramolecular Hbond substituents is 1. The molecule has 0 amide bonds. The molecule has 2 aromatic carbocycles. The van der Waals surface area contributed by atoms with Crippen LogP contribution in [0.5, 0.6) is 5.75 Å². The zero-order valence-electron chi connectivity index (χ0n) is 11.2. The first-order valence-corrected chi connectivity index (χ1v) is 7.27. The third kappa shape index (κ3) is 2.40. The first-order chi connectivity index (χ1) is 9.79. The van der Waals surface area contributed by atoms with Crippen molar-refractivity contribution in [2.24, 2.45) is 0 Å². The van der Waals surface area contributed by atoms with Gasteiger partial charge in [-0.25, -0.2) is 0 Å². The van der Waals surface area contributed by atoms with E-state index in [1.165, 1.54) is 10.5 Å². The lowest BCUT2D eigenvalue weighted by Crippen LogP contribution is -2.06. The molecule has 0 atom stereocenters. The number of rotatable bonds is 4. The minimum atomic E-state index is 0.324. The largest absolute Gasteiger partial charge is 0.507 e. The number of aromatic hydroxyl groups is 1. The van der Waals surface area contributed by atoms with E-state index < -0.39 is 0 Å². The van der Waals surface area contributed by atoms with Crippen LogP contribution in [0, 0.1) is 0 Å². The number of aromatic nitrogens is 1. The molecule has 3 aromatic rings. The maximum Gasteiger partial charge on any atom is 0.124 e. The minimum Gasteiger partial charge on any atom is -0.507 e. The summed E-state index contributed by atoms with van der Waals surface area (Å²) in [6.07, 6.45) is 1.99. The van der Waals surface area contributed by atoms with Crippen LogP contribution >= 0.6 is 11.9 Å². The summed E-state index contributed by atoms with van der Waals surface area (Å²) in [5.41, 5.74) is 2.29. The highest BCUT2D eigenvalue weighted by atomic mass is 32.2. The van der Waals surface area contributed by atoms with E-state index in [1.807, 2.05) is 37.5 Å². The molecule has 0 unspecified atom stereocenters. The second kappa shape index (κ2) is 5.61. The van der Waals surface area contributed by atoms with E-state index in [4.69, 9.17) is 0 Å². The summed E-state index contributed by atoms with van der Waals surface area (Å²) in [7, 11) is 1.95. The Morgan fingerprint density at radius 2 is 1.95 bits per heavy atom. The first-order valence-electron chi connectivity index (χ1n) is 6.49. The maximum atomic E-state index is 9.86. The summed E-state index contributed by atoms with van der Waals surface area (Å²) < 4.78 is 2.09. The van der Waals surface area contributed by atoms with Crippen molar-refractivity contribution in [2.75, 3.05) is 7.05 Å². The molecule has 0 saturated carbocycles. The second-order valence-electron chi connectivity index (χ2n) is 4.58. The van der Waals surface area contributed by atoms with Crippen LogP contribution in [0.15, 0.2) is 59.6 Å². The van der Waals surface area contributed by atoms with E-state index >= 15 is 0 Å². The van der Waals surface area contributed by atoms with Crippen LogP contribution in [-0.4, -0.2) is 16.1 Å². The zero-order valence-corrected chi connectivity index (χ0v) is 12.0. The monoisotopic (exact) mass is 284 g/mol. The third-order valence-electron chi connectivity index (χ3n) is 3.21. The third-order valence-corrected chi connectivity index (χ3v) is 4.32. The topological polar surface area (TPSA) is 37.2 Å². The first kappa shape index (κ1) is 13.1. The predicted molar refractivity (Wildman–Crippen MR) is 84.1 cm³/mol. The van der Waals surface area contributed by atoms with Gasteiger partial charge in [0, 0.05) is 23.0 Å². The summed E-state index contributed by atoms with van der Waals surface area (Å²) in [6, 6.07) is 15.9. The summed E-state index contributed by atoms with van der Waals surface area (Å²) in [6.45, 7) is 0.841. The van der Waals surface area contributed by atoms with Crippen molar-refractivity contribution in [3.05, 3.63) is 60.3 Å². The number of fused-ring (bicyclic) bond motifs is 1. The molecule has 0 fully saturated rings. The van der Waals surface area contributed by atoms with E-state index in [1.54, 1.807) is 18.0 Å². The van der Waals surface area contributed by atoms with E-state index in [0.29, 0.717) is 5.75 Å². The summed E-state index contributed by atoms with van der Waals surface area (Å²) in [4.78, 5) is 1.21. The van der Waals surface area contributed by atoms with Crippen molar-refractivity contribution >= 4 is 22.9 Å². The quantitative estimate of drug-likeness (QED) is 0.768. The lowest BCUT2D eigenvalue weighted by Gasteiger charge is -2.10. The molecule has 0 spiro atoms. The Hall–Kier alpha value is -1.91. The molecule has 3 nitrogen and oxygen atoms in total. The normalized spacial score (nSPS) is 11.1. The van der Waals surface area contributed by atoms with Gasteiger partial charge < -0.3 is 10.4 Å². The predicted octanol–water partition coefficient (Wildman–Crippen LogP) is 3.62. The fraction of sp³-hybridized carbons (Fsp3) is 0.125. The summed E-state index contributed by atoms with van der Waals surface area (Å²) in [5, 5.41) is 13.9. The van der Waals surface area contributed by atoms with Gasteiger partial charge in [0.2, 0.25) is 0 Å². The Morgan fingerprint density at radius 3 is 2.80 bits per heavy atom. The molecule has 0 aliphatic carbocycles. The maximum absolute atomic E-state index is 9.86. The number of phenols is 1. The molecule has 0 aliphatic heterocycles.